The molecule has 0 heterocycles. The summed E-state index contributed by atoms with van der Waals surface area (Å²) in [7, 11) is 0. The molecule has 0 aliphatic carbocycles. The molecule has 0 spiro atoms. The van der Waals surface area contributed by atoms with Crippen molar-refractivity contribution >= 4 is 17.7 Å². The summed E-state index contributed by atoms with van der Waals surface area (Å²) < 4.78 is 0. The minimum atomic E-state index is -1.25. The number of nitro benzene ring substituents is 1. The number of hydrogen-bond donors (Lipinski definition) is 2. The van der Waals surface area contributed by atoms with Gasteiger partial charge in [0, 0.05) is 6.07 Å². The van der Waals surface area contributed by atoms with Gasteiger partial charge in [0.05, 0.1) is 22.7 Å². The van der Waals surface area contributed by atoms with E-state index in [2.05, 4.69) is 0 Å². The topological polar surface area (TPSA) is 101 Å². The minimum Gasteiger partial charge on any atom is -0.478 e. The molecule has 2 N–H and O–H groups in total. The molecule has 0 atom stereocenters. The Morgan fingerprint density at radius 2 is 2.19 bits per heavy atom. The largest absolute Gasteiger partial charge is 0.478 e. The number of rotatable bonds is 4. The maximum absolute atomic E-state index is 10.8. The van der Waals surface area contributed by atoms with Crippen LogP contribution in [0.1, 0.15) is 15.9 Å². The second-order valence-electron chi connectivity index (χ2n) is 2.89. The van der Waals surface area contributed by atoms with Crippen LogP contribution >= 0.6 is 0 Å². The Bertz CT molecular complexity index is 420. The first kappa shape index (κ1) is 11.9. The molecule has 6 nitrogen and oxygen atoms in total. The predicted molar refractivity (Wildman–Crippen MR) is 56.2 cm³/mol. The number of aromatic carboxylic acids is 1. The highest BCUT2D eigenvalue weighted by atomic mass is 16.6. The van der Waals surface area contributed by atoms with Gasteiger partial charge in [-0.3, -0.25) is 10.1 Å². The molecule has 1 aromatic carbocycles. The summed E-state index contributed by atoms with van der Waals surface area (Å²) in [4.78, 5) is 20.9. The zero-order valence-electron chi connectivity index (χ0n) is 8.16. The molecule has 0 aliphatic heterocycles. The van der Waals surface area contributed by atoms with E-state index in [1.165, 1.54) is 30.4 Å². The molecular formula is C10H9NO5. The lowest BCUT2D eigenvalue weighted by molar-refractivity contribution is -0.385. The second kappa shape index (κ2) is 5.04. The van der Waals surface area contributed by atoms with E-state index in [1.54, 1.807) is 0 Å². The Morgan fingerprint density at radius 1 is 1.50 bits per heavy atom. The van der Waals surface area contributed by atoms with Gasteiger partial charge in [0.25, 0.3) is 5.69 Å². The van der Waals surface area contributed by atoms with Gasteiger partial charge in [0.2, 0.25) is 0 Å². The highest BCUT2D eigenvalue weighted by Gasteiger charge is 2.18. The maximum Gasteiger partial charge on any atom is 0.336 e. The van der Waals surface area contributed by atoms with Crippen molar-refractivity contribution < 1.29 is 19.9 Å². The zero-order valence-corrected chi connectivity index (χ0v) is 8.16. The SMILES string of the molecule is O=C(O)c1cccc([N+](=O)[O-])c1C=CCO. The van der Waals surface area contributed by atoms with Crippen molar-refractivity contribution in [3.8, 4) is 0 Å². The van der Waals surface area contributed by atoms with Crippen molar-refractivity contribution in [3.05, 3.63) is 45.5 Å². The van der Waals surface area contributed by atoms with Crippen LogP contribution < -0.4 is 0 Å². The van der Waals surface area contributed by atoms with Gasteiger partial charge in [0.1, 0.15) is 0 Å². The summed E-state index contributed by atoms with van der Waals surface area (Å²) in [6, 6.07) is 3.79. The summed E-state index contributed by atoms with van der Waals surface area (Å²) in [5, 5.41) is 28.1. The molecule has 0 saturated carbocycles. The average molecular weight is 223 g/mol. The van der Waals surface area contributed by atoms with Gasteiger partial charge in [0.15, 0.2) is 0 Å². The van der Waals surface area contributed by atoms with Crippen LogP contribution in [0.15, 0.2) is 24.3 Å². The number of carboxylic acid groups (broad SMARTS) is 1. The van der Waals surface area contributed by atoms with Crippen LogP contribution in [-0.2, 0) is 0 Å². The van der Waals surface area contributed by atoms with Crippen LogP contribution in [-0.4, -0.2) is 27.7 Å². The summed E-state index contributed by atoms with van der Waals surface area (Å²) in [6.45, 7) is -0.314. The fraction of sp³-hybridized carbons (Fsp3) is 0.100. The summed E-state index contributed by atoms with van der Waals surface area (Å²) in [6.07, 6.45) is 2.47. The Hall–Kier alpha value is -2.21. The van der Waals surface area contributed by atoms with E-state index in [-0.39, 0.29) is 23.4 Å². The number of hydrogen-bond acceptors (Lipinski definition) is 4. The second-order valence-corrected chi connectivity index (χ2v) is 2.89. The molecule has 0 unspecified atom stereocenters. The van der Waals surface area contributed by atoms with Crippen molar-refractivity contribution in [2.45, 2.75) is 0 Å². The van der Waals surface area contributed by atoms with E-state index >= 15 is 0 Å². The van der Waals surface area contributed by atoms with Crippen molar-refractivity contribution in [3.63, 3.8) is 0 Å². The van der Waals surface area contributed by atoms with Gasteiger partial charge in [-0.05, 0) is 12.1 Å². The predicted octanol–water partition coefficient (Wildman–Crippen LogP) is 1.30. The fourth-order valence-electron chi connectivity index (χ4n) is 1.24. The van der Waals surface area contributed by atoms with Crippen molar-refractivity contribution in [1.82, 2.24) is 0 Å². The first-order valence-electron chi connectivity index (χ1n) is 4.36. The van der Waals surface area contributed by atoms with Crippen molar-refractivity contribution in [1.29, 1.82) is 0 Å². The molecule has 1 aromatic rings. The van der Waals surface area contributed by atoms with Crippen LogP contribution in [0, 0.1) is 10.1 Å². The van der Waals surface area contributed by atoms with E-state index in [9.17, 15) is 14.9 Å². The molecule has 0 radical (unpaired) electrons. The molecule has 0 bridgehead atoms. The number of carboxylic acids is 1. The first-order valence-corrected chi connectivity index (χ1v) is 4.36. The first-order chi connectivity index (χ1) is 7.57. The monoisotopic (exact) mass is 223 g/mol. The smallest absolute Gasteiger partial charge is 0.336 e. The van der Waals surface area contributed by atoms with Crippen LogP contribution in [0.2, 0.25) is 0 Å². The van der Waals surface area contributed by atoms with Crippen molar-refractivity contribution in [2.24, 2.45) is 0 Å². The molecule has 84 valence electrons. The Balaban J connectivity index is 3.40. The van der Waals surface area contributed by atoms with Crippen LogP contribution in [0.4, 0.5) is 5.69 Å². The number of nitro groups is 1. The van der Waals surface area contributed by atoms with Crippen molar-refractivity contribution in [2.75, 3.05) is 6.61 Å². The van der Waals surface area contributed by atoms with Gasteiger partial charge in [-0.15, -0.1) is 0 Å². The van der Waals surface area contributed by atoms with E-state index < -0.39 is 10.9 Å². The van der Waals surface area contributed by atoms with Gasteiger partial charge >= 0.3 is 5.97 Å². The number of nitrogens with zero attached hydrogens (tertiary/aromatic N) is 1. The van der Waals surface area contributed by atoms with Gasteiger partial charge in [-0.2, -0.15) is 0 Å². The normalized spacial score (nSPS) is 10.6. The van der Waals surface area contributed by atoms with E-state index in [4.69, 9.17) is 10.2 Å². The lowest BCUT2D eigenvalue weighted by atomic mass is 10.0. The molecule has 6 heteroatoms. The Morgan fingerprint density at radius 3 is 2.69 bits per heavy atom. The molecule has 0 aromatic heterocycles. The lowest BCUT2D eigenvalue weighted by Gasteiger charge is -2.01. The quantitative estimate of drug-likeness (QED) is 0.591. The molecule has 0 amide bonds. The van der Waals surface area contributed by atoms with Gasteiger partial charge in [-0.25, -0.2) is 4.79 Å². The molecule has 1 rings (SSSR count). The molecular weight excluding hydrogens is 214 g/mol. The number of benzene rings is 1. The standard InChI is InChI=1S/C10H9NO5/c12-6-2-4-7-8(10(13)14)3-1-5-9(7)11(15)16/h1-5,12H,6H2,(H,13,14). The summed E-state index contributed by atoms with van der Waals surface area (Å²) in [5.74, 6) is -1.25. The zero-order chi connectivity index (χ0) is 12.1. The fourth-order valence-corrected chi connectivity index (χ4v) is 1.24. The van der Waals surface area contributed by atoms with E-state index in [0.717, 1.165) is 0 Å². The Labute approximate surface area is 90.6 Å². The average Bonchev–Trinajstić information content (AvgIpc) is 2.25. The third-order valence-electron chi connectivity index (χ3n) is 1.90. The molecule has 0 aliphatic rings. The highest BCUT2D eigenvalue weighted by Crippen LogP contribution is 2.23. The third kappa shape index (κ3) is 2.43. The molecule has 0 saturated heterocycles. The number of carbonyl (C=O) groups is 1. The van der Waals surface area contributed by atoms with Gasteiger partial charge in [-0.1, -0.05) is 12.1 Å². The summed E-state index contributed by atoms with van der Waals surface area (Å²) in [5.41, 5.74) is -0.488. The van der Waals surface area contributed by atoms with Crippen LogP contribution in [0.5, 0.6) is 0 Å². The molecule has 0 fully saturated rings. The lowest BCUT2D eigenvalue weighted by Crippen LogP contribution is -2.02. The maximum atomic E-state index is 10.8. The van der Waals surface area contributed by atoms with Crippen LogP contribution in [0.25, 0.3) is 6.08 Å². The molecule has 16 heavy (non-hydrogen) atoms. The van der Waals surface area contributed by atoms with Crippen LogP contribution in [0.3, 0.4) is 0 Å². The summed E-state index contributed by atoms with van der Waals surface area (Å²) >= 11 is 0. The van der Waals surface area contributed by atoms with E-state index in [1.807, 2.05) is 0 Å². The Kier molecular flexibility index (Phi) is 3.73. The van der Waals surface area contributed by atoms with E-state index in [0.29, 0.717) is 0 Å². The number of aliphatic hydroxyl groups is 1. The van der Waals surface area contributed by atoms with Gasteiger partial charge < -0.3 is 10.2 Å². The third-order valence-corrected chi connectivity index (χ3v) is 1.90. The minimum absolute atomic E-state index is 0.0194. The highest BCUT2D eigenvalue weighted by molar-refractivity contribution is 5.94. The number of aliphatic hydroxyl groups excluding tert-OH is 1.